The van der Waals surface area contributed by atoms with Crippen molar-refractivity contribution in [2.24, 2.45) is 0 Å². The van der Waals surface area contributed by atoms with Crippen molar-refractivity contribution in [1.29, 1.82) is 0 Å². The Morgan fingerprint density at radius 2 is 1.96 bits per heavy atom. The van der Waals surface area contributed by atoms with Crippen LogP contribution >= 0.6 is 0 Å². The van der Waals surface area contributed by atoms with Gasteiger partial charge >= 0.3 is 11.9 Å². The van der Waals surface area contributed by atoms with Gasteiger partial charge < -0.3 is 19.9 Å². The highest BCUT2D eigenvalue weighted by molar-refractivity contribution is 7.92. The molecule has 3 rings (SSSR count). The van der Waals surface area contributed by atoms with Crippen LogP contribution in [0.3, 0.4) is 0 Å². The van der Waals surface area contributed by atoms with E-state index in [1.165, 1.54) is 0 Å². The van der Waals surface area contributed by atoms with Crippen LogP contribution in [0.1, 0.15) is 23.6 Å². The summed E-state index contributed by atoms with van der Waals surface area (Å²) in [5, 5.41) is 15.6. The van der Waals surface area contributed by atoms with E-state index in [9.17, 15) is 18.0 Å². The van der Waals surface area contributed by atoms with Gasteiger partial charge in [-0.25, -0.2) is 23.0 Å². The number of carbonyl (C=O) groups is 2. The molecule has 0 spiro atoms. The van der Waals surface area contributed by atoms with Gasteiger partial charge in [-0.2, -0.15) is 0 Å². The molecule has 2 aromatic rings. The number of hydrogen-bond donors (Lipinski definition) is 4. The molecule has 0 saturated carbocycles. The molecule has 1 aromatic heterocycles. The quantitative estimate of drug-likeness (QED) is 0.539. The Bertz CT molecular complexity index is 953. The first-order valence-electron chi connectivity index (χ1n) is 8.03. The average Bonchev–Trinajstić information content (AvgIpc) is 3.13. The molecule has 0 aliphatic carbocycles. The molecule has 0 saturated heterocycles. The molecule has 1 atom stereocenters. The van der Waals surface area contributed by atoms with Crippen molar-refractivity contribution in [3.05, 3.63) is 54.1 Å². The van der Waals surface area contributed by atoms with E-state index in [1.54, 1.807) is 18.6 Å². The van der Waals surface area contributed by atoms with Crippen LogP contribution in [0.5, 0.6) is 5.75 Å². The van der Waals surface area contributed by atoms with Gasteiger partial charge in [0.25, 0.3) is 0 Å². The summed E-state index contributed by atoms with van der Waals surface area (Å²) in [7, 11) is -3.33. The van der Waals surface area contributed by atoms with Gasteiger partial charge in [0.1, 0.15) is 5.75 Å². The maximum atomic E-state index is 11.4. The molecule has 2 heterocycles. The van der Waals surface area contributed by atoms with Crippen LogP contribution in [0.4, 0.5) is 5.69 Å². The van der Waals surface area contributed by atoms with Crippen LogP contribution in [0, 0.1) is 0 Å². The zero-order valence-corrected chi connectivity index (χ0v) is 15.6. The highest BCUT2D eigenvalue weighted by atomic mass is 32.2. The Balaban J connectivity index is 0.000000300. The van der Waals surface area contributed by atoms with Crippen LogP contribution in [0.25, 0.3) is 0 Å². The lowest BCUT2D eigenvalue weighted by atomic mass is 9.90. The predicted octanol–water partition coefficient (Wildman–Crippen LogP) is 1.41. The molecule has 1 aromatic carbocycles. The maximum Gasteiger partial charge on any atom is 0.328 e. The second kappa shape index (κ2) is 9.04. The number of imidazole rings is 1. The molecule has 1 aliphatic rings. The smallest absolute Gasteiger partial charge is 0.328 e. The fraction of sp³-hybridized carbons (Fsp3) is 0.235. The van der Waals surface area contributed by atoms with Crippen LogP contribution in [0.2, 0.25) is 0 Å². The van der Waals surface area contributed by atoms with Crippen LogP contribution < -0.4 is 9.46 Å². The highest BCUT2D eigenvalue weighted by Gasteiger charge is 2.26. The molecule has 28 heavy (non-hydrogen) atoms. The summed E-state index contributed by atoms with van der Waals surface area (Å²) in [6, 6.07) is 5.48. The Morgan fingerprint density at radius 3 is 2.50 bits per heavy atom. The molecule has 0 bridgehead atoms. The maximum absolute atomic E-state index is 11.4. The number of hydrogen-bond acceptors (Lipinski definition) is 6. The normalized spacial score (nSPS) is 15.7. The van der Waals surface area contributed by atoms with Gasteiger partial charge in [-0.3, -0.25) is 4.72 Å². The molecule has 1 aliphatic heterocycles. The lowest BCUT2D eigenvalue weighted by Crippen LogP contribution is -2.18. The summed E-state index contributed by atoms with van der Waals surface area (Å²) in [6.45, 7) is 0.541. The van der Waals surface area contributed by atoms with Gasteiger partial charge in [-0.1, -0.05) is 12.1 Å². The standard InChI is InChI=1S/C13H15N3O3S.C4H4O4/c1-20(17,18)16-11-4-2-3-10-9(5-6-19-13(10)11)12-7-14-8-15-12;5-3(6)1-2-4(7)8/h2-4,7-9,16H,5-6H2,1H3,(H,14,15);1-2H,(H,5,6)(H,7,8). The van der Waals surface area contributed by atoms with E-state index in [4.69, 9.17) is 14.9 Å². The van der Waals surface area contributed by atoms with Gasteiger partial charge in [-0.15, -0.1) is 0 Å². The zero-order chi connectivity index (χ0) is 20.7. The van der Waals surface area contributed by atoms with E-state index in [2.05, 4.69) is 14.7 Å². The molecule has 4 N–H and O–H groups in total. The summed E-state index contributed by atoms with van der Waals surface area (Å²) < 4.78 is 31.0. The number of sulfonamides is 1. The molecule has 1 unspecified atom stereocenters. The number of aromatic amines is 1. The summed E-state index contributed by atoms with van der Waals surface area (Å²) in [5.74, 6) is -1.77. The lowest BCUT2D eigenvalue weighted by Gasteiger charge is -2.26. The highest BCUT2D eigenvalue weighted by Crippen LogP contribution is 2.41. The van der Waals surface area contributed by atoms with E-state index in [0.717, 1.165) is 23.9 Å². The summed E-state index contributed by atoms with van der Waals surface area (Å²) in [6.07, 6.45) is 6.50. The average molecular weight is 409 g/mol. The molecule has 11 heteroatoms. The summed E-state index contributed by atoms with van der Waals surface area (Å²) in [4.78, 5) is 26.3. The van der Waals surface area contributed by atoms with Crippen LogP contribution in [0.15, 0.2) is 42.9 Å². The number of benzene rings is 1. The molecular formula is C17H19N3O7S. The number of fused-ring (bicyclic) bond motifs is 1. The third-order valence-corrected chi connectivity index (χ3v) is 4.22. The topological polar surface area (TPSA) is 159 Å². The third kappa shape index (κ3) is 6.13. The SMILES string of the molecule is CS(=O)(=O)Nc1cccc2c1OCCC2c1cnc[nH]1.O=C(O)C=CC(=O)O. The molecule has 10 nitrogen and oxygen atoms in total. The second-order valence-electron chi connectivity index (χ2n) is 5.80. The first-order chi connectivity index (χ1) is 13.2. The van der Waals surface area contributed by atoms with E-state index in [1.807, 2.05) is 12.1 Å². The van der Waals surface area contributed by atoms with Crippen LogP contribution in [-0.2, 0) is 19.6 Å². The second-order valence-corrected chi connectivity index (χ2v) is 7.55. The van der Waals surface area contributed by atoms with Crippen molar-refractivity contribution < 1.29 is 33.0 Å². The molecule has 150 valence electrons. The van der Waals surface area contributed by atoms with Crippen molar-refractivity contribution in [2.45, 2.75) is 12.3 Å². The minimum atomic E-state index is -3.33. The number of ether oxygens (including phenoxy) is 1. The minimum Gasteiger partial charge on any atom is -0.491 e. The van der Waals surface area contributed by atoms with Gasteiger partial charge in [0.15, 0.2) is 0 Å². The van der Waals surface area contributed by atoms with Crippen molar-refractivity contribution in [3.8, 4) is 5.75 Å². The Kier molecular flexibility index (Phi) is 6.77. The molecular weight excluding hydrogens is 390 g/mol. The number of carboxylic acid groups (broad SMARTS) is 2. The van der Waals surface area contributed by atoms with Gasteiger partial charge in [-0.05, 0) is 12.5 Å². The number of anilines is 1. The number of aromatic nitrogens is 2. The largest absolute Gasteiger partial charge is 0.491 e. The fourth-order valence-electron chi connectivity index (χ4n) is 2.63. The fourth-order valence-corrected chi connectivity index (χ4v) is 3.19. The minimum absolute atomic E-state index is 0.141. The number of H-pyrrole nitrogens is 1. The van der Waals surface area contributed by atoms with E-state index >= 15 is 0 Å². The van der Waals surface area contributed by atoms with E-state index < -0.39 is 22.0 Å². The van der Waals surface area contributed by atoms with Gasteiger partial charge in [0, 0.05) is 35.5 Å². The van der Waals surface area contributed by atoms with Crippen molar-refractivity contribution in [1.82, 2.24) is 9.97 Å². The number of para-hydroxylation sites is 1. The third-order valence-electron chi connectivity index (χ3n) is 3.63. The summed E-state index contributed by atoms with van der Waals surface area (Å²) in [5.41, 5.74) is 2.45. The summed E-state index contributed by atoms with van der Waals surface area (Å²) >= 11 is 0. The first-order valence-corrected chi connectivity index (χ1v) is 9.92. The van der Waals surface area contributed by atoms with Gasteiger partial charge in [0.2, 0.25) is 10.0 Å². The monoisotopic (exact) mass is 409 g/mol. The number of nitrogens with zero attached hydrogens (tertiary/aromatic N) is 1. The Hall–Kier alpha value is -3.34. The van der Waals surface area contributed by atoms with Crippen molar-refractivity contribution >= 4 is 27.6 Å². The Morgan fingerprint density at radius 1 is 1.29 bits per heavy atom. The van der Waals surface area contributed by atoms with E-state index in [0.29, 0.717) is 30.2 Å². The van der Waals surface area contributed by atoms with Crippen molar-refractivity contribution in [3.63, 3.8) is 0 Å². The number of aliphatic carboxylic acids is 2. The predicted molar refractivity (Wildman–Crippen MR) is 99.9 cm³/mol. The lowest BCUT2D eigenvalue weighted by molar-refractivity contribution is -0.134. The number of nitrogens with one attached hydrogen (secondary N) is 2. The molecule has 0 amide bonds. The first kappa shape index (κ1) is 21.0. The van der Waals surface area contributed by atoms with E-state index in [-0.39, 0.29) is 5.92 Å². The van der Waals surface area contributed by atoms with Gasteiger partial charge in [0.05, 0.1) is 24.9 Å². The zero-order valence-electron chi connectivity index (χ0n) is 14.8. The Labute approximate surface area is 160 Å². The molecule has 0 radical (unpaired) electrons. The van der Waals surface area contributed by atoms with Crippen molar-refractivity contribution in [2.75, 3.05) is 17.6 Å². The molecule has 0 fully saturated rings. The van der Waals surface area contributed by atoms with Crippen LogP contribution in [-0.4, -0.2) is 53.4 Å². The number of carboxylic acids is 2. The number of rotatable bonds is 5.